The second-order valence-corrected chi connectivity index (χ2v) is 6.53. The zero-order chi connectivity index (χ0) is 14.8. The lowest BCUT2D eigenvalue weighted by Crippen LogP contribution is -2.10. The van der Waals surface area contributed by atoms with E-state index in [0.717, 1.165) is 35.4 Å². The highest BCUT2D eigenvalue weighted by molar-refractivity contribution is 6.35. The molecule has 1 aliphatic rings. The van der Waals surface area contributed by atoms with Gasteiger partial charge in [-0.15, -0.1) is 0 Å². The summed E-state index contributed by atoms with van der Waals surface area (Å²) in [6.07, 6.45) is 7.01. The van der Waals surface area contributed by atoms with Crippen molar-refractivity contribution < 1.29 is 0 Å². The first kappa shape index (κ1) is 14.9. The average molecular weight is 306 g/mol. The molecule has 0 radical (unpaired) electrons. The monoisotopic (exact) mass is 305 g/mol. The summed E-state index contributed by atoms with van der Waals surface area (Å²) in [5.74, 6) is 1.91. The van der Waals surface area contributed by atoms with Gasteiger partial charge in [-0.1, -0.05) is 31.0 Å². The van der Waals surface area contributed by atoms with Crippen LogP contribution in [0.3, 0.4) is 0 Å². The van der Waals surface area contributed by atoms with E-state index in [1.165, 1.54) is 31.5 Å². The molecule has 1 aromatic carbocycles. The molecule has 4 heteroatoms. The van der Waals surface area contributed by atoms with E-state index in [9.17, 15) is 0 Å². The van der Waals surface area contributed by atoms with Crippen molar-refractivity contribution in [3.05, 3.63) is 29.0 Å². The Bertz CT molecular complexity index is 616. The summed E-state index contributed by atoms with van der Waals surface area (Å²) < 4.78 is 2.40. The normalized spacial score (nSPS) is 16.5. The van der Waals surface area contributed by atoms with Gasteiger partial charge in [0.05, 0.1) is 16.1 Å². The van der Waals surface area contributed by atoms with Crippen molar-refractivity contribution in [2.75, 3.05) is 6.54 Å². The topological polar surface area (TPSA) is 43.8 Å². The van der Waals surface area contributed by atoms with Crippen LogP contribution in [0.5, 0.6) is 0 Å². The number of benzene rings is 1. The molecule has 1 fully saturated rings. The Labute approximate surface area is 131 Å². The van der Waals surface area contributed by atoms with Gasteiger partial charge in [0, 0.05) is 12.5 Å². The van der Waals surface area contributed by atoms with Crippen LogP contribution in [0, 0.1) is 5.92 Å². The fraction of sp³-hybridized carbons (Fsp3) is 0.588. The van der Waals surface area contributed by atoms with Gasteiger partial charge in [0.2, 0.25) is 0 Å². The van der Waals surface area contributed by atoms with E-state index >= 15 is 0 Å². The van der Waals surface area contributed by atoms with Gasteiger partial charge in [-0.2, -0.15) is 0 Å². The molecule has 1 atom stereocenters. The number of nitrogens with zero attached hydrogens (tertiary/aromatic N) is 2. The van der Waals surface area contributed by atoms with Crippen molar-refractivity contribution in [2.24, 2.45) is 11.7 Å². The first-order valence-corrected chi connectivity index (χ1v) is 8.47. The second kappa shape index (κ2) is 6.37. The van der Waals surface area contributed by atoms with Crippen LogP contribution in [0.25, 0.3) is 11.0 Å². The van der Waals surface area contributed by atoms with Gasteiger partial charge in [0.1, 0.15) is 5.82 Å². The van der Waals surface area contributed by atoms with Crippen LogP contribution < -0.4 is 5.73 Å². The van der Waals surface area contributed by atoms with Crippen LogP contribution in [-0.4, -0.2) is 16.1 Å². The number of hydrogen-bond donors (Lipinski definition) is 1. The number of fused-ring (bicyclic) bond motifs is 1. The molecular weight excluding hydrogens is 282 g/mol. The van der Waals surface area contributed by atoms with Crippen molar-refractivity contribution in [2.45, 2.75) is 51.5 Å². The molecule has 0 spiro atoms. The lowest BCUT2D eigenvalue weighted by atomic mass is 9.96. The van der Waals surface area contributed by atoms with Crippen LogP contribution in [0.4, 0.5) is 0 Å². The first-order chi connectivity index (χ1) is 10.2. The number of aromatic nitrogens is 2. The third-order valence-corrected chi connectivity index (χ3v) is 4.88. The van der Waals surface area contributed by atoms with Crippen LogP contribution in [-0.2, 0) is 6.42 Å². The Morgan fingerprint density at radius 2 is 2.19 bits per heavy atom. The minimum absolute atomic E-state index is 0.611. The molecule has 1 aromatic heterocycles. The SMILES string of the molecule is CCC(CCN)CCc1nc2cccc(Cl)c2n1C1CC1. The van der Waals surface area contributed by atoms with Crippen molar-refractivity contribution >= 4 is 22.6 Å². The predicted octanol–water partition coefficient (Wildman–Crippen LogP) is 4.33. The van der Waals surface area contributed by atoms with Crippen molar-refractivity contribution in [1.29, 1.82) is 0 Å². The fourth-order valence-corrected chi connectivity index (χ4v) is 3.44. The Morgan fingerprint density at radius 3 is 2.86 bits per heavy atom. The number of nitrogens with two attached hydrogens (primary N) is 1. The van der Waals surface area contributed by atoms with E-state index in [1.807, 2.05) is 12.1 Å². The summed E-state index contributed by atoms with van der Waals surface area (Å²) in [5.41, 5.74) is 7.87. The Balaban J connectivity index is 1.88. The van der Waals surface area contributed by atoms with E-state index in [2.05, 4.69) is 17.6 Å². The third-order valence-electron chi connectivity index (χ3n) is 4.57. The zero-order valence-corrected chi connectivity index (χ0v) is 13.4. The van der Waals surface area contributed by atoms with Gasteiger partial charge in [-0.3, -0.25) is 0 Å². The van der Waals surface area contributed by atoms with Crippen LogP contribution in [0.2, 0.25) is 5.02 Å². The molecule has 1 aliphatic carbocycles. The van der Waals surface area contributed by atoms with E-state index in [1.54, 1.807) is 0 Å². The van der Waals surface area contributed by atoms with Gasteiger partial charge in [-0.05, 0) is 50.3 Å². The van der Waals surface area contributed by atoms with Crippen LogP contribution in [0.15, 0.2) is 18.2 Å². The number of rotatable bonds is 7. The van der Waals surface area contributed by atoms with E-state index in [0.29, 0.717) is 12.0 Å². The fourth-order valence-electron chi connectivity index (χ4n) is 3.18. The van der Waals surface area contributed by atoms with Gasteiger partial charge < -0.3 is 10.3 Å². The summed E-state index contributed by atoms with van der Waals surface area (Å²) >= 11 is 6.41. The maximum Gasteiger partial charge on any atom is 0.110 e. The molecule has 0 saturated heterocycles. The summed E-state index contributed by atoms with van der Waals surface area (Å²) in [6.45, 7) is 3.03. The van der Waals surface area contributed by atoms with Crippen LogP contribution >= 0.6 is 11.6 Å². The van der Waals surface area contributed by atoms with E-state index < -0.39 is 0 Å². The summed E-state index contributed by atoms with van der Waals surface area (Å²) in [7, 11) is 0. The van der Waals surface area contributed by atoms with Crippen molar-refractivity contribution in [1.82, 2.24) is 9.55 Å². The Hall–Kier alpha value is -1.06. The van der Waals surface area contributed by atoms with Crippen LogP contribution in [0.1, 0.15) is 50.9 Å². The smallest absolute Gasteiger partial charge is 0.110 e. The standard InChI is InChI=1S/C17H24ClN3/c1-2-12(10-11-19)6-9-16-20-15-5-3-4-14(18)17(15)21(16)13-7-8-13/h3-5,12-13H,2,6-11,19H2,1H3. The second-order valence-electron chi connectivity index (χ2n) is 6.13. The quantitative estimate of drug-likeness (QED) is 0.827. The molecule has 2 aromatic rings. The minimum atomic E-state index is 0.611. The molecule has 2 N–H and O–H groups in total. The Kier molecular flexibility index (Phi) is 4.51. The lowest BCUT2D eigenvalue weighted by Gasteiger charge is -2.14. The van der Waals surface area contributed by atoms with E-state index in [-0.39, 0.29) is 0 Å². The number of hydrogen-bond acceptors (Lipinski definition) is 2. The molecular formula is C17H24ClN3. The number of para-hydroxylation sites is 1. The van der Waals surface area contributed by atoms with Gasteiger partial charge in [0.15, 0.2) is 0 Å². The van der Waals surface area contributed by atoms with Gasteiger partial charge >= 0.3 is 0 Å². The number of halogens is 1. The average Bonchev–Trinajstić information content (AvgIpc) is 3.25. The molecule has 0 bridgehead atoms. The summed E-state index contributed by atoms with van der Waals surface area (Å²) in [5, 5.41) is 0.826. The molecule has 0 aliphatic heterocycles. The van der Waals surface area contributed by atoms with E-state index in [4.69, 9.17) is 22.3 Å². The highest BCUT2D eigenvalue weighted by Crippen LogP contribution is 2.40. The maximum absolute atomic E-state index is 6.41. The highest BCUT2D eigenvalue weighted by Gasteiger charge is 2.29. The summed E-state index contributed by atoms with van der Waals surface area (Å²) in [4.78, 5) is 4.85. The lowest BCUT2D eigenvalue weighted by molar-refractivity contribution is 0.435. The minimum Gasteiger partial charge on any atom is -0.330 e. The molecule has 114 valence electrons. The number of imidazole rings is 1. The number of aryl methyl sites for hydroxylation is 1. The molecule has 1 heterocycles. The summed E-state index contributed by atoms with van der Waals surface area (Å²) in [6, 6.07) is 6.64. The maximum atomic E-state index is 6.41. The Morgan fingerprint density at radius 1 is 1.38 bits per heavy atom. The highest BCUT2D eigenvalue weighted by atomic mass is 35.5. The van der Waals surface area contributed by atoms with Crippen molar-refractivity contribution in [3.63, 3.8) is 0 Å². The molecule has 1 saturated carbocycles. The van der Waals surface area contributed by atoms with Gasteiger partial charge in [0.25, 0.3) is 0 Å². The largest absolute Gasteiger partial charge is 0.330 e. The third kappa shape index (κ3) is 3.09. The molecule has 0 amide bonds. The molecule has 3 rings (SSSR count). The molecule has 1 unspecified atom stereocenters. The predicted molar refractivity (Wildman–Crippen MR) is 88.8 cm³/mol. The first-order valence-electron chi connectivity index (χ1n) is 8.10. The van der Waals surface area contributed by atoms with Gasteiger partial charge in [-0.25, -0.2) is 4.98 Å². The zero-order valence-electron chi connectivity index (χ0n) is 12.7. The molecule has 21 heavy (non-hydrogen) atoms. The van der Waals surface area contributed by atoms with Crippen molar-refractivity contribution in [3.8, 4) is 0 Å². The molecule has 3 nitrogen and oxygen atoms in total.